The van der Waals surface area contributed by atoms with E-state index in [0.717, 1.165) is 29.9 Å². The lowest BCUT2D eigenvalue weighted by atomic mass is 10.2. The first kappa shape index (κ1) is 14.4. The van der Waals surface area contributed by atoms with Crippen molar-refractivity contribution in [2.24, 2.45) is 0 Å². The predicted octanol–water partition coefficient (Wildman–Crippen LogP) is 2.57. The van der Waals surface area contributed by atoms with Gasteiger partial charge in [0.05, 0.1) is 5.56 Å². The van der Waals surface area contributed by atoms with E-state index < -0.39 is 0 Å². The molecule has 0 aliphatic heterocycles. The number of carbonyl (C=O) groups is 1. The largest absolute Gasteiger partial charge is 0.352 e. The van der Waals surface area contributed by atoms with E-state index in [0.29, 0.717) is 12.1 Å². The highest BCUT2D eigenvalue weighted by Crippen LogP contribution is 2.14. The molecule has 0 radical (unpaired) electrons. The topological polar surface area (TPSA) is 51.3 Å². The number of aromatic nitrogens is 3. The molecule has 3 heterocycles. The third-order valence-electron chi connectivity index (χ3n) is 3.89. The normalized spacial score (nSPS) is 11.0. The number of imidazole rings is 1. The minimum absolute atomic E-state index is 0.0227. The van der Waals surface area contributed by atoms with Crippen molar-refractivity contribution in [1.29, 1.82) is 0 Å². The highest BCUT2D eigenvalue weighted by atomic mass is 16.1. The number of hydrogen-bond donors (Lipinski definition) is 1. The Labute approximate surface area is 129 Å². The molecule has 3 aromatic rings. The summed E-state index contributed by atoms with van der Waals surface area (Å²) in [6.07, 6.45) is 8.47. The Hall–Kier alpha value is -2.56. The van der Waals surface area contributed by atoms with Crippen LogP contribution in [-0.2, 0) is 6.54 Å². The van der Waals surface area contributed by atoms with E-state index in [-0.39, 0.29) is 5.91 Å². The lowest BCUT2D eigenvalue weighted by Crippen LogP contribution is -2.24. The fourth-order valence-electron chi connectivity index (χ4n) is 2.60. The summed E-state index contributed by atoms with van der Waals surface area (Å²) in [6, 6.07) is 5.96. The van der Waals surface area contributed by atoms with Crippen LogP contribution in [0.1, 0.15) is 28.2 Å². The third kappa shape index (κ3) is 2.88. The number of carbonyl (C=O) groups excluding carboxylic acids is 1. The molecule has 1 amide bonds. The lowest BCUT2D eigenvalue weighted by Gasteiger charge is -2.06. The minimum atomic E-state index is -0.0227. The standard InChI is InChI=1S/C17H20N4O/c1-13-5-3-8-21-12-15(11-16(13)21)17(22)19-6-4-9-20-10-7-18-14(20)2/h3,5,7-8,10-12H,4,6,9H2,1-2H3,(H,19,22). The summed E-state index contributed by atoms with van der Waals surface area (Å²) in [5.41, 5.74) is 2.94. The van der Waals surface area contributed by atoms with Crippen LogP contribution in [0.2, 0.25) is 0 Å². The molecule has 0 atom stereocenters. The first-order chi connectivity index (χ1) is 10.6. The Morgan fingerprint density at radius 2 is 2.18 bits per heavy atom. The zero-order valence-corrected chi connectivity index (χ0v) is 12.9. The van der Waals surface area contributed by atoms with Crippen LogP contribution in [0.15, 0.2) is 43.0 Å². The maximum Gasteiger partial charge on any atom is 0.252 e. The number of hydrogen-bond acceptors (Lipinski definition) is 2. The minimum Gasteiger partial charge on any atom is -0.352 e. The SMILES string of the molecule is Cc1cccn2cc(C(=O)NCCCn3ccnc3C)cc12. The number of aryl methyl sites for hydroxylation is 3. The summed E-state index contributed by atoms with van der Waals surface area (Å²) in [7, 11) is 0. The summed E-state index contributed by atoms with van der Waals surface area (Å²) in [6.45, 7) is 5.54. The average Bonchev–Trinajstić information content (AvgIpc) is 3.11. The van der Waals surface area contributed by atoms with E-state index in [2.05, 4.69) is 14.9 Å². The van der Waals surface area contributed by atoms with Crippen molar-refractivity contribution in [2.45, 2.75) is 26.8 Å². The van der Waals surface area contributed by atoms with Gasteiger partial charge in [-0.1, -0.05) is 6.07 Å². The molecule has 0 saturated heterocycles. The van der Waals surface area contributed by atoms with Crippen LogP contribution in [0.25, 0.3) is 5.52 Å². The van der Waals surface area contributed by atoms with Gasteiger partial charge in [-0.25, -0.2) is 4.98 Å². The van der Waals surface area contributed by atoms with Crippen LogP contribution >= 0.6 is 0 Å². The van der Waals surface area contributed by atoms with Crippen LogP contribution in [-0.4, -0.2) is 26.4 Å². The maximum atomic E-state index is 12.2. The van der Waals surface area contributed by atoms with Gasteiger partial charge in [0.2, 0.25) is 0 Å². The van der Waals surface area contributed by atoms with Crippen LogP contribution in [0, 0.1) is 13.8 Å². The molecule has 114 valence electrons. The second-order valence-corrected chi connectivity index (χ2v) is 5.49. The van der Waals surface area contributed by atoms with E-state index >= 15 is 0 Å². The Kier molecular flexibility index (Phi) is 3.96. The maximum absolute atomic E-state index is 12.2. The van der Waals surface area contributed by atoms with Crippen molar-refractivity contribution < 1.29 is 4.79 Å². The van der Waals surface area contributed by atoms with Crippen LogP contribution < -0.4 is 5.32 Å². The summed E-state index contributed by atoms with van der Waals surface area (Å²) < 4.78 is 4.07. The van der Waals surface area contributed by atoms with Crippen LogP contribution in [0.5, 0.6) is 0 Å². The van der Waals surface area contributed by atoms with Gasteiger partial charge in [0.1, 0.15) is 5.82 Å². The number of pyridine rings is 1. The summed E-state index contributed by atoms with van der Waals surface area (Å²) >= 11 is 0. The number of amides is 1. The van der Waals surface area contributed by atoms with Crippen molar-refractivity contribution in [3.63, 3.8) is 0 Å². The first-order valence-electron chi connectivity index (χ1n) is 7.48. The molecule has 3 rings (SSSR count). The van der Waals surface area contributed by atoms with Gasteiger partial charge < -0.3 is 14.3 Å². The molecule has 5 heteroatoms. The molecule has 0 bridgehead atoms. The molecule has 0 saturated carbocycles. The van der Waals surface area contributed by atoms with E-state index in [9.17, 15) is 4.79 Å². The van der Waals surface area contributed by atoms with E-state index in [1.54, 1.807) is 6.20 Å². The van der Waals surface area contributed by atoms with Crippen molar-refractivity contribution in [3.8, 4) is 0 Å². The summed E-state index contributed by atoms with van der Waals surface area (Å²) in [4.78, 5) is 16.4. The van der Waals surface area contributed by atoms with E-state index in [4.69, 9.17) is 0 Å². The number of nitrogens with one attached hydrogen (secondary N) is 1. The Morgan fingerprint density at radius 1 is 1.32 bits per heavy atom. The highest BCUT2D eigenvalue weighted by molar-refractivity contribution is 5.95. The molecule has 3 aromatic heterocycles. The van der Waals surface area contributed by atoms with Gasteiger partial charge in [0, 0.05) is 43.4 Å². The van der Waals surface area contributed by atoms with Crippen LogP contribution in [0.3, 0.4) is 0 Å². The van der Waals surface area contributed by atoms with E-state index in [1.165, 1.54) is 0 Å². The van der Waals surface area contributed by atoms with Gasteiger partial charge in [0.25, 0.3) is 5.91 Å². The third-order valence-corrected chi connectivity index (χ3v) is 3.89. The highest BCUT2D eigenvalue weighted by Gasteiger charge is 2.09. The lowest BCUT2D eigenvalue weighted by molar-refractivity contribution is 0.0953. The van der Waals surface area contributed by atoms with Crippen molar-refractivity contribution in [3.05, 3.63) is 59.9 Å². The summed E-state index contributed by atoms with van der Waals surface area (Å²) in [5, 5.41) is 2.98. The second-order valence-electron chi connectivity index (χ2n) is 5.49. The molecule has 0 aromatic carbocycles. The van der Waals surface area contributed by atoms with Gasteiger partial charge in [-0.2, -0.15) is 0 Å². The molecule has 0 fully saturated rings. The van der Waals surface area contributed by atoms with Gasteiger partial charge in [0.15, 0.2) is 0 Å². The molecule has 1 N–H and O–H groups in total. The smallest absolute Gasteiger partial charge is 0.252 e. The Morgan fingerprint density at radius 3 is 2.91 bits per heavy atom. The molecule has 0 aliphatic carbocycles. The summed E-state index contributed by atoms with van der Waals surface area (Å²) in [5.74, 6) is 0.978. The first-order valence-corrected chi connectivity index (χ1v) is 7.48. The van der Waals surface area contributed by atoms with E-state index in [1.807, 2.05) is 55.0 Å². The molecular weight excluding hydrogens is 276 g/mol. The zero-order chi connectivity index (χ0) is 15.5. The Bertz CT molecular complexity index is 800. The fraction of sp³-hybridized carbons (Fsp3) is 0.294. The Balaban J connectivity index is 1.57. The van der Waals surface area contributed by atoms with Crippen molar-refractivity contribution >= 4 is 11.4 Å². The molecule has 0 spiro atoms. The van der Waals surface area contributed by atoms with Gasteiger partial charge in [-0.05, 0) is 38.0 Å². The van der Waals surface area contributed by atoms with Crippen molar-refractivity contribution in [2.75, 3.05) is 6.54 Å². The van der Waals surface area contributed by atoms with Gasteiger partial charge in [-0.3, -0.25) is 4.79 Å². The van der Waals surface area contributed by atoms with Crippen molar-refractivity contribution in [1.82, 2.24) is 19.3 Å². The molecular formula is C17H20N4O. The molecule has 5 nitrogen and oxygen atoms in total. The molecule has 22 heavy (non-hydrogen) atoms. The van der Waals surface area contributed by atoms with Crippen LogP contribution in [0.4, 0.5) is 0 Å². The van der Waals surface area contributed by atoms with Gasteiger partial charge >= 0.3 is 0 Å². The van der Waals surface area contributed by atoms with Gasteiger partial charge in [-0.15, -0.1) is 0 Å². The number of fused-ring (bicyclic) bond motifs is 1. The number of nitrogens with zero attached hydrogens (tertiary/aromatic N) is 3. The average molecular weight is 296 g/mol. The molecule has 0 aliphatic rings. The fourth-order valence-corrected chi connectivity index (χ4v) is 2.60. The number of rotatable bonds is 5. The molecule has 0 unspecified atom stereocenters. The quantitative estimate of drug-likeness (QED) is 0.736. The zero-order valence-electron chi connectivity index (χ0n) is 12.9. The monoisotopic (exact) mass is 296 g/mol. The second kappa shape index (κ2) is 6.05. The predicted molar refractivity (Wildman–Crippen MR) is 86.0 cm³/mol.